The SMILES string of the molecule is CCC(O)C(=O)[O-].CCC(O)C(=O)[O-].CCC(O)C(=O)[O-].O=C([O-])C=Cc1c[nH]cn1.O=C([O-])C=Cc1c[nH]cn1.O=C([O-])C=Cc1c[nH]cn1.[Mo+6]. The summed E-state index contributed by atoms with van der Waals surface area (Å²) in [6.07, 6.45) is 12.7. The number of nitrogens with zero attached hydrogens (tertiary/aromatic N) is 3. The zero-order valence-corrected chi connectivity index (χ0v) is 29.8. The third-order valence-corrected chi connectivity index (χ3v) is 4.70. The maximum atomic E-state index is 9.86. The second-order valence-electron chi connectivity index (χ2n) is 8.67. The van der Waals surface area contributed by atoms with Gasteiger partial charge in [0.05, 0.1) is 90.2 Å². The van der Waals surface area contributed by atoms with E-state index in [-0.39, 0.29) is 40.3 Å². The third kappa shape index (κ3) is 35.5. The fourth-order valence-electron chi connectivity index (χ4n) is 2.05. The van der Waals surface area contributed by atoms with Crippen LogP contribution in [0.3, 0.4) is 0 Å². The number of aliphatic carboxylic acids is 6. The normalized spacial score (nSPS) is 11.4. The molecule has 0 spiro atoms. The molecule has 0 aromatic carbocycles. The second kappa shape index (κ2) is 33.7. The van der Waals surface area contributed by atoms with Crippen LogP contribution in [0.5, 0.6) is 0 Å². The number of carboxylic acids is 6. The monoisotopic (exact) mass is 818 g/mol. The fourth-order valence-corrected chi connectivity index (χ4v) is 2.05. The summed E-state index contributed by atoms with van der Waals surface area (Å²) < 4.78 is 0. The molecule has 3 atom stereocenters. The molecule has 0 aliphatic heterocycles. The Morgan fingerprint density at radius 3 is 0.846 bits per heavy atom. The molecule has 3 heterocycles. The molecule has 21 nitrogen and oxygen atoms in total. The minimum absolute atomic E-state index is 0. The molecule has 3 aromatic heterocycles. The van der Waals surface area contributed by atoms with Gasteiger partial charge in [0.2, 0.25) is 0 Å². The predicted molar refractivity (Wildman–Crippen MR) is 162 cm³/mol. The van der Waals surface area contributed by atoms with E-state index < -0.39 is 54.1 Å². The Hall–Kier alpha value is -5.76. The van der Waals surface area contributed by atoms with E-state index in [1.807, 2.05) is 0 Å². The standard InChI is InChI=1S/3C6H6N2O2.3C4H8O3.Mo/c3*9-6(10)2-1-5-3-7-4-8-5;3*1-2-3(5)4(6)7;/h3*1-4H,(H,7,8)(H,9,10);3*3,5H,2H2,1H3,(H,6,7);/q;;;;;;+6/p-6. The van der Waals surface area contributed by atoms with Crippen LogP contribution in [0, 0.1) is 0 Å². The number of carbonyl (C=O) groups excluding carboxylic acids is 6. The summed E-state index contributed by atoms with van der Waals surface area (Å²) >= 11 is 0. The van der Waals surface area contributed by atoms with E-state index in [0.29, 0.717) is 17.1 Å². The van der Waals surface area contributed by atoms with Crippen LogP contribution in [-0.4, -0.2) is 99.4 Å². The Labute approximate surface area is 310 Å². The van der Waals surface area contributed by atoms with Gasteiger partial charge < -0.3 is 89.7 Å². The van der Waals surface area contributed by atoms with Crippen molar-refractivity contribution in [2.75, 3.05) is 0 Å². The van der Waals surface area contributed by atoms with Crippen LogP contribution in [0.4, 0.5) is 0 Å². The van der Waals surface area contributed by atoms with Gasteiger partial charge >= 0.3 is 21.1 Å². The predicted octanol–water partition coefficient (Wildman–Crippen LogP) is -6.96. The number of aromatic amines is 3. The number of hydrogen-bond acceptors (Lipinski definition) is 18. The van der Waals surface area contributed by atoms with Crippen molar-refractivity contribution in [2.24, 2.45) is 0 Å². The van der Waals surface area contributed by atoms with E-state index in [1.165, 1.54) is 37.2 Å². The molecule has 0 fully saturated rings. The van der Waals surface area contributed by atoms with Gasteiger partial charge in [0.25, 0.3) is 0 Å². The zero-order chi connectivity index (χ0) is 39.8. The van der Waals surface area contributed by atoms with Crippen molar-refractivity contribution in [1.29, 1.82) is 0 Å². The molecule has 0 aliphatic carbocycles. The molecule has 3 unspecified atom stereocenters. The summed E-state index contributed by atoms with van der Waals surface area (Å²) in [4.78, 5) is 77.6. The Morgan fingerprint density at radius 2 is 0.750 bits per heavy atom. The molecule has 3 rings (SSSR count). The Balaban J connectivity index is -0.000000267. The first-order valence-electron chi connectivity index (χ1n) is 14.2. The van der Waals surface area contributed by atoms with E-state index in [9.17, 15) is 59.4 Å². The van der Waals surface area contributed by atoms with E-state index in [2.05, 4.69) is 29.9 Å². The minimum atomic E-state index is -1.40. The maximum absolute atomic E-state index is 9.86. The van der Waals surface area contributed by atoms with Gasteiger partial charge in [0, 0.05) is 18.6 Å². The average Bonchev–Trinajstić information content (AvgIpc) is 3.90. The van der Waals surface area contributed by atoms with Crippen LogP contribution in [-0.2, 0) is 49.8 Å². The van der Waals surface area contributed by atoms with Crippen LogP contribution >= 0.6 is 0 Å². The number of carboxylic acid groups (broad SMARTS) is 6. The molecule has 3 aromatic rings. The minimum Gasteiger partial charge on any atom is -0.547 e. The third-order valence-electron chi connectivity index (χ3n) is 4.70. The van der Waals surface area contributed by atoms with Gasteiger partial charge in [0.1, 0.15) is 0 Å². The van der Waals surface area contributed by atoms with Crippen molar-refractivity contribution in [3.05, 3.63) is 72.9 Å². The van der Waals surface area contributed by atoms with Crippen LogP contribution in [0.15, 0.2) is 55.8 Å². The first kappa shape index (κ1) is 53.0. The fraction of sp³-hybridized carbons (Fsp3) is 0.300. The van der Waals surface area contributed by atoms with Crippen LogP contribution in [0.1, 0.15) is 57.1 Å². The summed E-state index contributed by atoms with van der Waals surface area (Å²) in [6, 6.07) is 0. The van der Waals surface area contributed by atoms with E-state index >= 15 is 0 Å². The summed E-state index contributed by atoms with van der Waals surface area (Å²) in [5, 5.41) is 83.1. The van der Waals surface area contributed by atoms with Crippen LogP contribution in [0.25, 0.3) is 18.2 Å². The molecular weight excluding hydrogens is 780 g/mol. The summed E-state index contributed by atoms with van der Waals surface area (Å²) in [7, 11) is 0. The Morgan fingerprint density at radius 1 is 0.538 bits per heavy atom. The molecule has 52 heavy (non-hydrogen) atoms. The van der Waals surface area contributed by atoms with Crippen molar-refractivity contribution in [2.45, 2.75) is 58.3 Å². The average molecular weight is 817 g/mol. The summed E-state index contributed by atoms with van der Waals surface area (Å²) in [5.74, 6) is -7.86. The topological polar surface area (TPSA) is 388 Å². The molecule has 0 saturated heterocycles. The number of nitrogens with one attached hydrogen (secondary N) is 3. The molecule has 0 aliphatic rings. The molecule has 22 heteroatoms. The Kier molecular flexibility index (Phi) is 34.4. The van der Waals surface area contributed by atoms with E-state index in [0.717, 1.165) is 18.2 Å². The molecule has 0 bridgehead atoms. The van der Waals surface area contributed by atoms with Crippen molar-refractivity contribution in [3.63, 3.8) is 0 Å². The molecular formula is C30H36MoN6O15. The number of aliphatic hydroxyl groups is 3. The maximum Gasteiger partial charge on any atom is 6.00 e. The first-order chi connectivity index (χ1) is 23.9. The number of rotatable bonds is 12. The quantitative estimate of drug-likeness (QED) is 0.0730. The summed E-state index contributed by atoms with van der Waals surface area (Å²) in [6.45, 7) is 4.71. The number of imidazole rings is 3. The number of H-pyrrole nitrogens is 3. The molecule has 0 saturated carbocycles. The van der Waals surface area contributed by atoms with Crippen LogP contribution < -0.4 is 30.6 Å². The second-order valence-corrected chi connectivity index (χ2v) is 8.67. The Bertz CT molecular complexity index is 1300. The van der Waals surface area contributed by atoms with Gasteiger partial charge in [-0.25, -0.2) is 15.0 Å². The number of aromatic nitrogens is 6. The van der Waals surface area contributed by atoms with Crippen molar-refractivity contribution >= 4 is 54.0 Å². The van der Waals surface area contributed by atoms with Gasteiger partial charge in [-0.1, -0.05) is 20.8 Å². The largest absolute Gasteiger partial charge is 6.00 e. The molecule has 282 valence electrons. The van der Waals surface area contributed by atoms with Crippen LogP contribution in [0.2, 0.25) is 0 Å². The first-order valence-corrected chi connectivity index (χ1v) is 14.2. The van der Waals surface area contributed by atoms with E-state index in [4.69, 9.17) is 15.3 Å². The van der Waals surface area contributed by atoms with Gasteiger partial charge in [-0.2, -0.15) is 0 Å². The molecule has 0 radical (unpaired) electrons. The van der Waals surface area contributed by atoms with Gasteiger partial charge in [-0.3, -0.25) is 0 Å². The molecule has 6 N–H and O–H groups in total. The van der Waals surface area contributed by atoms with Crippen molar-refractivity contribution in [1.82, 2.24) is 29.9 Å². The van der Waals surface area contributed by atoms with Crippen molar-refractivity contribution < 1.29 is 95.8 Å². The number of aliphatic hydroxyl groups excluding tert-OH is 3. The summed E-state index contributed by atoms with van der Waals surface area (Å²) in [5.41, 5.74) is 1.72. The smallest absolute Gasteiger partial charge is 0.547 e. The number of hydrogen-bond donors (Lipinski definition) is 6. The van der Waals surface area contributed by atoms with E-state index in [1.54, 1.807) is 39.4 Å². The van der Waals surface area contributed by atoms with Gasteiger partial charge in [-0.15, -0.1) is 0 Å². The molecule has 0 amide bonds. The zero-order valence-electron chi connectivity index (χ0n) is 27.8. The number of carbonyl (C=O) groups is 6. The van der Waals surface area contributed by atoms with Gasteiger partial charge in [-0.05, 0) is 55.7 Å². The van der Waals surface area contributed by atoms with Crippen molar-refractivity contribution in [3.8, 4) is 0 Å². The van der Waals surface area contributed by atoms with Gasteiger partial charge in [0.15, 0.2) is 0 Å².